The summed E-state index contributed by atoms with van der Waals surface area (Å²) in [6, 6.07) is 0. The van der Waals surface area contributed by atoms with Gasteiger partial charge in [0.2, 0.25) is 0 Å². The van der Waals surface area contributed by atoms with Gasteiger partial charge in [0.15, 0.2) is 0 Å². The third kappa shape index (κ3) is 7.84. The first-order chi connectivity index (χ1) is 4.06. The maximum absolute atomic E-state index is 8.52. The van der Waals surface area contributed by atoms with Crippen molar-refractivity contribution in [3.05, 3.63) is 0 Å². The van der Waals surface area contributed by atoms with E-state index in [9.17, 15) is 0 Å². The van der Waals surface area contributed by atoms with Crippen molar-refractivity contribution in [2.24, 2.45) is 0 Å². The lowest BCUT2D eigenvalue weighted by Crippen LogP contribution is -2.28. The lowest BCUT2D eigenvalue weighted by atomic mass is 10.6. The van der Waals surface area contributed by atoms with Gasteiger partial charge >= 0.3 is 0 Å². The molecule has 0 radical (unpaired) electrons. The summed E-state index contributed by atoms with van der Waals surface area (Å²) in [4.78, 5) is 0. The van der Waals surface area contributed by atoms with E-state index in [1.54, 1.807) is 0 Å². The molecule has 0 saturated carbocycles. The number of methoxy groups -OCH3 is 1. The minimum Gasteiger partial charge on any atom is -0.382 e. The first-order valence-corrected chi connectivity index (χ1v) is 2.64. The number of ether oxygens (including phenoxy) is 2. The molecule has 0 aromatic rings. The molecule has 0 atom stereocenters. The average molecular weight is 136 g/mol. The summed E-state index contributed by atoms with van der Waals surface area (Å²) in [5, 5.41) is 17.0. The zero-order chi connectivity index (χ0) is 7.33. The summed E-state index contributed by atoms with van der Waals surface area (Å²) in [5.74, 6) is -2.03. The Hall–Kier alpha value is -0.160. The van der Waals surface area contributed by atoms with Crippen LogP contribution in [0.15, 0.2) is 0 Å². The van der Waals surface area contributed by atoms with E-state index in [2.05, 4.69) is 9.47 Å². The molecule has 0 bridgehead atoms. The predicted octanol–water partition coefficient (Wildman–Crippen LogP) is -0.692. The highest BCUT2D eigenvalue weighted by molar-refractivity contribution is 4.35. The Morgan fingerprint density at radius 2 is 1.89 bits per heavy atom. The van der Waals surface area contributed by atoms with Crippen LogP contribution in [0.1, 0.15) is 6.92 Å². The van der Waals surface area contributed by atoms with E-state index in [1.807, 2.05) is 0 Å². The Labute approximate surface area is 54.0 Å². The van der Waals surface area contributed by atoms with Crippen molar-refractivity contribution in [2.45, 2.75) is 12.9 Å². The van der Waals surface area contributed by atoms with E-state index in [-0.39, 0.29) is 6.61 Å². The number of rotatable bonds is 4. The van der Waals surface area contributed by atoms with Crippen LogP contribution in [0.25, 0.3) is 0 Å². The fourth-order valence-electron chi connectivity index (χ4n) is 0.318. The van der Waals surface area contributed by atoms with E-state index in [0.717, 1.165) is 6.92 Å². The monoisotopic (exact) mass is 136 g/mol. The summed E-state index contributed by atoms with van der Waals surface area (Å²) in [6.07, 6.45) is 0. The second-order valence-corrected chi connectivity index (χ2v) is 1.78. The summed E-state index contributed by atoms with van der Waals surface area (Å²) >= 11 is 0. The van der Waals surface area contributed by atoms with Gasteiger partial charge in [0.1, 0.15) is 0 Å². The molecule has 0 heterocycles. The van der Waals surface area contributed by atoms with Gasteiger partial charge in [0.25, 0.3) is 5.97 Å². The Balaban J connectivity index is 3.07. The van der Waals surface area contributed by atoms with Crippen LogP contribution >= 0.6 is 0 Å². The summed E-state index contributed by atoms with van der Waals surface area (Å²) in [5.41, 5.74) is 0. The molecule has 0 rings (SSSR count). The third-order valence-electron chi connectivity index (χ3n) is 0.663. The highest BCUT2D eigenvalue weighted by Crippen LogP contribution is 1.97. The molecule has 0 aliphatic rings. The topological polar surface area (TPSA) is 58.9 Å². The SMILES string of the molecule is COCCOC(C)(O)O. The number of hydrogen-bond acceptors (Lipinski definition) is 4. The third-order valence-corrected chi connectivity index (χ3v) is 0.663. The van der Waals surface area contributed by atoms with Crippen molar-refractivity contribution in [1.29, 1.82) is 0 Å². The molecule has 0 amide bonds. The van der Waals surface area contributed by atoms with Crippen LogP contribution in [0, 0.1) is 0 Å². The van der Waals surface area contributed by atoms with Crippen LogP contribution in [0.3, 0.4) is 0 Å². The highest BCUT2D eigenvalue weighted by Gasteiger charge is 2.13. The van der Waals surface area contributed by atoms with Crippen LogP contribution in [-0.2, 0) is 9.47 Å². The molecule has 56 valence electrons. The lowest BCUT2D eigenvalue weighted by molar-refractivity contribution is -0.326. The van der Waals surface area contributed by atoms with Gasteiger partial charge in [-0.25, -0.2) is 0 Å². The number of aliphatic hydroxyl groups is 2. The zero-order valence-electron chi connectivity index (χ0n) is 5.63. The average Bonchev–Trinajstić information content (AvgIpc) is 1.63. The normalized spacial score (nSPS) is 12.0. The standard InChI is InChI=1S/C5H12O4/c1-5(6,7)9-4-3-8-2/h6-7H,3-4H2,1-2H3. The van der Waals surface area contributed by atoms with Crippen molar-refractivity contribution in [1.82, 2.24) is 0 Å². The molecule has 0 aliphatic heterocycles. The van der Waals surface area contributed by atoms with E-state index >= 15 is 0 Å². The summed E-state index contributed by atoms with van der Waals surface area (Å²) in [7, 11) is 1.51. The van der Waals surface area contributed by atoms with E-state index in [1.165, 1.54) is 7.11 Å². The van der Waals surface area contributed by atoms with Crippen LogP contribution < -0.4 is 0 Å². The van der Waals surface area contributed by atoms with Gasteiger partial charge in [-0.3, -0.25) is 0 Å². The Bertz CT molecular complexity index is 65.8. The van der Waals surface area contributed by atoms with E-state index < -0.39 is 5.97 Å². The first kappa shape index (κ1) is 8.84. The maximum atomic E-state index is 8.52. The Morgan fingerprint density at radius 3 is 2.22 bits per heavy atom. The van der Waals surface area contributed by atoms with Crippen LogP contribution in [-0.4, -0.2) is 36.5 Å². The second-order valence-electron chi connectivity index (χ2n) is 1.78. The molecule has 4 heteroatoms. The van der Waals surface area contributed by atoms with Crippen molar-refractivity contribution in [3.8, 4) is 0 Å². The van der Waals surface area contributed by atoms with Gasteiger partial charge in [0.05, 0.1) is 13.2 Å². The molecule has 2 N–H and O–H groups in total. The van der Waals surface area contributed by atoms with Crippen molar-refractivity contribution >= 4 is 0 Å². The quantitative estimate of drug-likeness (QED) is 0.396. The van der Waals surface area contributed by atoms with E-state index in [4.69, 9.17) is 10.2 Å². The minimum absolute atomic E-state index is 0.181. The summed E-state index contributed by atoms with van der Waals surface area (Å²) < 4.78 is 9.05. The maximum Gasteiger partial charge on any atom is 0.274 e. The van der Waals surface area contributed by atoms with Crippen LogP contribution in [0.5, 0.6) is 0 Å². The van der Waals surface area contributed by atoms with Crippen molar-refractivity contribution in [3.63, 3.8) is 0 Å². The molecule has 4 nitrogen and oxygen atoms in total. The van der Waals surface area contributed by atoms with E-state index in [0.29, 0.717) is 6.61 Å². The molecule has 0 saturated heterocycles. The summed E-state index contributed by atoms with van der Waals surface area (Å²) in [6.45, 7) is 1.68. The van der Waals surface area contributed by atoms with Gasteiger partial charge in [-0.05, 0) is 0 Å². The molecule has 0 spiro atoms. The predicted molar refractivity (Wildman–Crippen MR) is 30.7 cm³/mol. The molecule has 0 aliphatic carbocycles. The fourth-order valence-corrected chi connectivity index (χ4v) is 0.318. The lowest BCUT2D eigenvalue weighted by Gasteiger charge is -2.15. The molecular formula is C5H12O4. The highest BCUT2D eigenvalue weighted by atomic mass is 16.8. The van der Waals surface area contributed by atoms with Gasteiger partial charge in [-0.2, -0.15) is 0 Å². The smallest absolute Gasteiger partial charge is 0.274 e. The van der Waals surface area contributed by atoms with Crippen molar-refractivity contribution < 1.29 is 19.7 Å². The van der Waals surface area contributed by atoms with Gasteiger partial charge in [-0.1, -0.05) is 0 Å². The van der Waals surface area contributed by atoms with Crippen LogP contribution in [0.4, 0.5) is 0 Å². The first-order valence-electron chi connectivity index (χ1n) is 2.64. The molecule has 0 fully saturated rings. The second kappa shape index (κ2) is 3.79. The molecule has 0 unspecified atom stereocenters. The molecule has 0 aromatic heterocycles. The Morgan fingerprint density at radius 1 is 1.33 bits per heavy atom. The Kier molecular flexibility index (Phi) is 3.72. The number of hydrogen-bond donors (Lipinski definition) is 2. The van der Waals surface area contributed by atoms with Gasteiger partial charge < -0.3 is 19.7 Å². The van der Waals surface area contributed by atoms with Gasteiger partial charge in [0, 0.05) is 14.0 Å². The van der Waals surface area contributed by atoms with Crippen molar-refractivity contribution in [2.75, 3.05) is 20.3 Å². The van der Waals surface area contributed by atoms with Crippen LogP contribution in [0.2, 0.25) is 0 Å². The van der Waals surface area contributed by atoms with Gasteiger partial charge in [-0.15, -0.1) is 0 Å². The largest absolute Gasteiger partial charge is 0.382 e. The fraction of sp³-hybridized carbons (Fsp3) is 1.00. The minimum atomic E-state index is -2.03. The zero-order valence-corrected chi connectivity index (χ0v) is 5.63. The molecular weight excluding hydrogens is 124 g/mol. The molecule has 0 aromatic carbocycles. The molecule has 9 heavy (non-hydrogen) atoms.